The van der Waals surface area contributed by atoms with E-state index in [1.807, 2.05) is 0 Å². The summed E-state index contributed by atoms with van der Waals surface area (Å²) in [5, 5.41) is 3.75. The van der Waals surface area contributed by atoms with Crippen LogP contribution in [0, 0.1) is 11.2 Å². The van der Waals surface area contributed by atoms with Crippen molar-refractivity contribution in [3.63, 3.8) is 0 Å². The fourth-order valence-electron chi connectivity index (χ4n) is 2.49. The van der Waals surface area contributed by atoms with Gasteiger partial charge in [0.25, 0.3) is 5.91 Å². The Balaban J connectivity index is 1.98. The summed E-state index contributed by atoms with van der Waals surface area (Å²) in [5.41, 5.74) is 0.279. The number of hydrogen-bond donors (Lipinski definition) is 1. The van der Waals surface area contributed by atoms with Gasteiger partial charge in [-0.25, -0.2) is 4.39 Å². The number of rotatable bonds is 4. The highest BCUT2D eigenvalue weighted by atomic mass is 79.9. The molecule has 0 spiro atoms. The molecule has 98 valence electrons. The van der Waals surface area contributed by atoms with Gasteiger partial charge in [0.2, 0.25) is 0 Å². The van der Waals surface area contributed by atoms with Crippen LogP contribution in [0.1, 0.15) is 36.0 Å². The van der Waals surface area contributed by atoms with Gasteiger partial charge in [-0.3, -0.25) is 4.79 Å². The lowest BCUT2D eigenvalue weighted by Gasteiger charge is -2.26. The molecular weight excluding hydrogens is 297 g/mol. The Hall–Kier alpha value is -0.900. The summed E-state index contributed by atoms with van der Waals surface area (Å²) >= 11 is 3.53. The van der Waals surface area contributed by atoms with Crippen molar-refractivity contribution < 1.29 is 9.18 Å². The van der Waals surface area contributed by atoms with Crippen molar-refractivity contribution in [1.29, 1.82) is 0 Å². The summed E-state index contributed by atoms with van der Waals surface area (Å²) in [7, 11) is 0. The molecule has 0 radical (unpaired) electrons. The van der Waals surface area contributed by atoms with Crippen LogP contribution in [-0.4, -0.2) is 17.8 Å². The second-order valence-corrected chi connectivity index (χ2v) is 5.56. The number of amides is 1. The number of carbonyl (C=O) groups excluding carboxylic acids is 1. The Morgan fingerprint density at radius 3 is 2.61 bits per heavy atom. The van der Waals surface area contributed by atoms with Crippen molar-refractivity contribution in [2.75, 3.05) is 11.9 Å². The summed E-state index contributed by atoms with van der Waals surface area (Å²) in [4.78, 5) is 11.9. The third-order valence-electron chi connectivity index (χ3n) is 3.69. The summed E-state index contributed by atoms with van der Waals surface area (Å²) in [6, 6.07) is 6.09. The molecule has 0 bridgehead atoms. The van der Waals surface area contributed by atoms with E-state index >= 15 is 0 Å². The van der Waals surface area contributed by atoms with Crippen molar-refractivity contribution in [3.05, 3.63) is 35.6 Å². The molecule has 1 N–H and O–H groups in total. The highest BCUT2D eigenvalue weighted by Crippen LogP contribution is 2.38. The van der Waals surface area contributed by atoms with Gasteiger partial charge in [-0.05, 0) is 30.4 Å². The van der Waals surface area contributed by atoms with Crippen LogP contribution in [0.4, 0.5) is 4.39 Å². The predicted molar refractivity (Wildman–Crippen MR) is 73.4 cm³/mol. The molecule has 0 atom stereocenters. The second kappa shape index (κ2) is 5.83. The normalized spacial score (nSPS) is 17.7. The Bertz CT molecular complexity index is 430. The van der Waals surface area contributed by atoms with Crippen LogP contribution in [-0.2, 0) is 0 Å². The maximum absolute atomic E-state index is 13.4. The first-order chi connectivity index (χ1) is 8.67. The zero-order valence-electron chi connectivity index (χ0n) is 10.2. The number of carbonyl (C=O) groups is 1. The van der Waals surface area contributed by atoms with E-state index in [-0.39, 0.29) is 16.9 Å². The highest BCUT2D eigenvalue weighted by Gasteiger charge is 2.33. The van der Waals surface area contributed by atoms with Crippen LogP contribution < -0.4 is 5.32 Å². The molecule has 1 amide bonds. The average Bonchev–Trinajstić information content (AvgIpc) is 2.86. The van der Waals surface area contributed by atoms with Crippen molar-refractivity contribution in [3.8, 4) is 0 Å². The van der Waals surface area contributed by atoms with Gasteiger partial charge >= 0.3 is 0 Å². The lowest BCUT2D eigenvalue weighted by molar-refractivity contribution is 0.0931. The van der Waals surface area contributed by atoms with E-state index < -0.39 is 5.82 Å². The van der Waals surface area contributed by atoms with Crippen molar-refractivity contribution in [1.82, 2.24) is 5.32 Å². The summed E-state index contributed by atoms with van der Waals surface area (Å²) in [5.74, 6) is -0.783. The van der Waals surface area contributed by atoms with Gasteiger partial charge in [-0.1, -0.05) is 40.9 Å². The van der Waals surface area contributed by atoms with E-state index in [1.54, 1.807) is 12.1 Å². The van der Waals surface area contributed by atoms with E-state index in [2.05, 4.69) is 21.2 Å². The standard InChI is InChI=1S/C14H17BrFNO/c15-9-14(7-3-4-8-14)10-17-13(18)11-5-1-2-6-12(11)16/h1-2,5-6H,3-4,7-10H2,(H,17,18). The van der Waals surface area contributed by atoms with E-state index in [4.69, 9.17) is 0 Å². The van der Waals surface area contributed by atoms with Gasteiger partial charge in [0.15, 0.2) is 0 Å². The van der Waals surface area contributed by atoms with E-state index in [9.17, 15) is 9.18 Å². The first-order valence-corrected chi connectivity index (χ1v) is 7.38. The number of halogens is 2. The topological polar surface area (TPSA) is 29.1 Å². The van der Waals surface area contributed by atoms with Gasteiger partial charge in [-0.2, -0.15) is 0 Å². The Morgan fingerprint density at radius 1 is 1.33 bits per heavy atom. The third kappa shape index (κ3) is 2.91. The molecule has 2 rings (SSSR count). The van der Waals surface area contributed by atoms with Crippen LogP contribution >= 0.6 is 15.9 Å². The van der Waals surface area contributed by atoms with Crippen molar-refractivity contribution in [2.24, 2.45) is 5.41 Å². The molecule has 1 aromatic carbocycles. The first-order valence-electron chi connectivity index (χ1n) is 6.26. The Morgan fingerprint density at radius 2 is 2.00 bits per heavy atom. The molecule has 0 aliphatic heterocycles. The van der Waals surface area contributed by atoms with Gasteiger partial charge in [0.05, 0.1) is 5.56 Å². The zero-order chi connectivity index (χ0) is 13.0. The number of nitrogens with one attached hydrogen (secondary N) is 1. The largest absolute Gasteiger partial charge is 0.351 e. The molecule has 2 nitrogen and oxygen atoms in total. The van der Waals surface area contributed by atoms with Crippen LogP contribution in [0.3, 0.4) is 0 Å². The Kier molecular flexibility index (Phi) is 4.38. The maximum Gasteiger partial charge on any atom is 0.254 e. The molecule has 1 aliphatic rings. The SMILES string of the molecule is O=C(NCC1(CBr)CCCC1)c1ccccc1F. The van der Waals surface area contributed by atoms with Crippen molar-refractivity contribution >= 4 is 21.8 Å². The summed E-state index contributed by atoms with van der Waals surface area (Å²) < 4.78 is 13.4. The average molecular weight is 314 g/mol. The molecule has 0 unspecified atom stereocenters. The first kappa shape index (κ1) is 13.5. The van der Waals surface area contributed by atoms with Gasteiger partial charge in [0, 0.05) is 11.9 Å². The lowest BCUT2D eigenvalue weighted by atomic mass is 9.89. The third-order valence-corrected chi connectivity index (χ3v) is 4.88. The maximum atomic E-state index is 13.4. The molecule has 4 heteroatoms. The quantitative estimate of drug-likeness (QED) is 0.847. The number of alkyl halides is 1. The molecule has 1 aliphatic carbocycles. The van der Waals surface area contributed by atoms with Crippen LogP contribution in [0.5, 0.6) is 0 Å². The Labute approximate surface area is 115 Å². The van der Waals surface area contributed by atoms with E-state index in [1.165, 1.54) is 25.0 Å². The molecule has 0 heterocycles. The predicted octanol–water partition coefficient (Wildman–Crippen LogP) is 3.51. The van der Waals surface area contributed by atoms with Gasteiger partial charge < -0.3 is 5.32 Å². The minimum absolute atomic E-state index is 0.125. The second-order valence-electron chi connectivity index (χ2n) is 5.00. The highest BCUT2D eigenvalue weighted by molar-refractivity contribution is 9.09. The zero-order valence-corrected chi connectivity index (χ0v) is 11.8. The fraction of sp³-hybridized carbons (Fsp3) is 0.500. The van der Waals surface area contributed by atoms with Crippen molar-refractivity contribution in [2.45, 2.75) is 25.7 Å². The summed E-state index contributed by atoms with van der Waals surface area (Å²) in [6.07, 6.45) is 4.66. The molecule has 1 fully saturated rings. The molecule has 0 aromatic heterocycles. The van der Waals surface area contributed by atoms with E-state index in [0.717, 1.165) is 18.2 Å². The molecule has 1 aromatic rings. The van der Waals surface area contributed by atoms with Crippen LogP contribution in [0.15, 0.2) is 24.3 Å². The molecule has 0 saturated heterocycles. The minimum atomic E-state index is -0.464. The molecule has 1 saturated carbocycles. The summed E-state index contributed by atoms with van der Waals surface area (Å²) in [6.45, 7) is 0.616. The van der Waals surface area contributed by atoms with Crippen LogP contribution in [0.25, 0.3) is 0 Å². The number of benzene rings is 1. The van der Waals surface area contributed by atoms with Gasteiger partial charge in [-0.15, -0.1) is 0 Å². The minimum Gasteiger partial charge on any atom is -0.351 e. The molecular formula is C14H17BrFNO. The fourth-order valence-corrected chi connectivity index (χ4v) is 3.25. The molecule has 18 heavy (non-hydrogen) atoms. The van der Waals surface area contributed by atoms with Crippen LogP contribution in [0.2, 0.25) is 0 Å². The number of hydrogen-bond acceptors (Lipinski definition) is 1. The van der Waals surface area contributed by atoms with E-state index in [0.29, 0.717) is 6.54 Å². The lowest BCUT2D eigenvalue weighted by Crippen LogP contribution is -2.37. The van der Waals surface area contributed by atoms with Gasteiger partial charge in [0.1, 0.15) is 5.82 Å². The monoisotopic (exact) mass is 313 g/mol. The smallest absolute Gasteiger partial charge is 0.254 e.